The Morgan fingerprint density at radius 1 is 1.22 bits per heavy atom. The molecule has 27 heavy (non-hydrogen) atoms. The van der Waals surface area contributed by atoms with E-state index in [-0.39, 0.29) is 17.9 Å². The van der Waals surface area contributed by atoms with Crippen molar-refractivity contribution in [3.8, 4) is 17.6 Å². The molecular weight excluding hydrogens is 482 g/mol. The lowest BCUT2D eigenvalue weighted by Gasteiger charge is -2.10. The van der Waals surface area contributed by atoms with Crippen LogP contribution in [-0.4, -0.2) is 23.5 Å². The molecule has 0 aliphatic heterocycles. The molecule has 0 saturated heterocycles. The van der Waals surface area contributed by atoms with Gasteiger partial charge in [-0.25, -0.2) is 0 Å². The van der Waals surface area contributed by atoms with E-state index in [4.69, 9.17) is 10.5 Å². The molecule has 0 fully saturated rings. The second kappa shape index (κ2) is 9.21. The van der Waals surface area contributed by atoms with Crippen LogP contribution in [0.15, 0.2) is 50.9 Å². The number of phenols is 1. The van der Waals surface area contributed by atoms with E-state index in [1.807, 2.05) is 6.07 Å². The second-order valence-electron chi connectivity index (χ2n) is 5.24. The zero-order valence-electron chi connectivity index (χ0n) is 13.7. The molecular formula is C18H13Br2N3O4. The number of nitrogens with one attached hydrogen (secondary N) is 1. The lowest BCUT2D eigenvalue weighted by molar-refractivity contribution is -0.120. The molecule has 138 valence electrons. The topological polar surface area (TPSA) is 125 Å². The minimum Gasteiger partial charge on any atom is -0.508 e. The molecule has 7 nitrogen and oxygen atoms in total. The average Bonchev–Trinajstić information content (AvgIpc) is 2.60. The summed E-state index contributed by atoms with van der Waals surface area (Å²) in [6.07, 6.45) is 1.41. The molecule has 0 atom stereocenters. The maximum absolute atomic E-state index is 12.3. The maximum atomic E-state index is 12.3. The fraction of sp³-hybridized carbons (Fsp3) is 0.0556. The molecule has 0 unspecified atom stereocenters. The van der Waals surface area contributed by atoms with Gasteiger partial charge in [0.05, 0.1) is 8.95 Å². The number of hydrogen-bond acceptors (Lipinski definition) is 5. The quantitative estimate of drug-likeness (QED) is 0.322. The summed E-state index contributed by atoms with van der Waals surface area (Å²) in [5, 5.41) is 21.1. The third-order valence-corrected chi connectivity index (χ3v) is 4.36. The smallest absolute Gasteiger partial charge is 0.266 e. The Balaban J connectivity index is 2.23. The zero-order chi connectivity index (χ0) is 20.0. The standard InChI is InChI=1S/C18H13Br2N3O4/c19-14-6-10(7-15(20)17(14)27-9-16(22)25)5-11(8-21)18(26)23-12-1-3-13(24)4-2-12/h1-7,24H,9H2,(H2,22,25)(H,23,26)/b11-5+. The first-order valence-corrected chi connectivity index (χ1v) is 9.01. The summed E-state index contributed by atoms with van der Waals surface area (Å²) in [5.41, 5.74) is 5.94. The van der Waals surface area contributed by atoms with Crippen molar-refractivity contribution in [3.63, 3.8) is 0 Å². The van der Waals surface area contributed by atoms with Crippen molar-refractivity contribution in [3.05, 3.63) is 56.5 Å². The van der Waals surface area contributed by atoms with Crippen LogP contribution in [0.2, 0.25) is 0 Å². The van der Waals surface area contributed by atoms with Crippen LogP contribution in [0.1, 0.15) is 5.56 Å². The molecule has 0 spiro atoms. The SMILES string of the molecule is N#C/C(=C\c1cc(Br)c(OCC(N)=O)c(Br)c1)C(=O)Nc1ccc(O)cc1. The lowest BCUT2D eigenvalue weighted by atomic mass is 10.1. The number of amides is 2. The molecule has 2 rings (SSSR count). The molecule has 0 bridgehead atoms. The highest BCUT2D eigenvalue weighted by atomic mass is 79.9. The number of nitrogens with zero attached hydrogens (tertiary/aromatic N) is 1. The first kappa shape index (κ1) is 20.5. The maximum Gasteiger partial charge on any atom is 0.266 e. The number of carbonyl (C=O) groups is 2. The number of aromatic hydroxyl groups is 1. The number of anilines is 1. The zero-order valence-corrected chi connectivity index (χ0v) is 16.9. The predicted octanol–water partition coefficient (Wildman–Crippen LogP) is 3.33. The monoisotopic (exact) mass is 493 g/mol. The van der Waals surface area contributed by atoms with Gasteiger partial charge in [0.1, 0.15) is 23.1 Å². The summed E-state index contributed by atoms with van der Waals surface area (Å²) in [6, 6.07) is 11.0. The lowest BCUT2D eigenvalue weighted by Crippen LogP contribution is -2.20. The van der Waals surface area contributed by atoms with Gasteiger partial charge in [0, 0.05) is 5.69 Å². The minimum atomic E-state index is -0.615. The summed E-state index contributed by atoms with van der Waals surface area (Å²) < 4.78 is 6.33. The number of benzene rings is 2. The van der Waals surface area contributed by atoms with Gasteiger partial charge >= 0.3 is 0 Å². The molecule has 0 radical (unpaired) electrons. The van der Waals surface area contributed by atoms with Crippen LogP contribution in [0.3, 0.4) is 0 Å². The average molecular weight is 495 g/mol. The molecule has 0 aliphatic rings. The fourth-order valence-corrected chi connectivity index (χ4v) is 3.45. The molecule has 2 aromatic rings. The molecule has 0 saturated carbocycles. The Hall–Kier alpha value is -2.83. The Bertz CT molecular complexity index is 927. The summed E-state index contributed by atoms with van der Waals surface area (Å²) in [6.45, 7) is -0.287. The highest BCUT2D eigenvalue weighted by Crippen LogP contribution is 2.35. The van der Waals surface area contributed by atoms with Gasteiger partial charge < -0.3 is 20.9 Å². The number of nitriles is 1. The van der Waals surface area contributed by atoms with Crippen molar-refractivity contribution in [1.82, 2.24) is 0 Å². The summed E-state index contributed by atoms with van der Waals surface area (Å²) in [4.78, 5) is 23.1. The molecule has 4 N–H and O–H groups in total. The van der Waals surface area contributed by atoms with Gasteiger partial charge in [-0.05, 0) is 79.9 Å². The van der Waals surface area contributed by atoms with E-state index in [9.17, 15) is 20.0 Å². The normalized spacial score (nSPS) is 10.8. The van der Waals surface area contributed by atoms with Crippen LogP contribution in [0, 0.1) is 11.3 Å². The highest BCUT2D eigenvalue weighted by Gasteiger charge is 2.13. The molecule has 2 amide bonds. The summed E-state index contributed by atoms with van der Waals surface area (Å²) in [7, 11) is 0. The fourth-order valence-electron chi connectivity index (χ4n) is 2.00. The van der Waals surface area contributed by atoms with E-state index >= 15 is 0 Å². The number of rotatable bonds is 6. The Kier molecular flexibility index (Phi) is 6.98. The van der Waals surface area contributed by atoms with Crippen LogP contribution in [0.5, 0.6) is 11.5 Å². The van der Waals surface area contributed by atoms with Crippen LogP contribution in [-0.2, 0) is 9.59 Å². The third kappa shape index (κ3) is 5.84. The number of carbonyl (C=O) groups excluding carboxylic acids is 2. The Morgan fingerprint density at radius 2 is 1.81 bits per heavy atom. The van der Waals surface area contributed by atoms with Crippen LogP contribution in [0.4, 0.5) is 5.69 Å². The first-order valence-electron chi connectivity index (χ1n) is 7.42. The van der Waals surface area contributed by atoms with Gasteiger partial charge in [-0.1, -0.05) is 0 Å². The van der Waals surface area contributed by atoms with Crippen molar-refractivity contribution in [1.29, 1.82) is 5.26 Å². The third-order valence-electron chi connectivity index (χ3n) is 3.18. The van der Waals surface area contributed by atoms with E-state index in [1.165, 1.54) is 30.3 Å². The van der Waals surface area contributed by atoms with Crippen molar-refractivity contribution >= 4 is 55.4 Å². The highest BCUT2D eigenvalue weighted by molar-refractivity contribution is 9.11. The van der Waals surface area contributed by atoms with Gasteiger partial charge in [-0.15, -0.1) is 0 Å². The second-order valence-corrected chi connectivity index (χ2v) is 6.95. The van der Waals surface area contributed by atoms with Gasteiger partial charge in [0.2, 0.25) is 0 Å². The van der Waals surface area contributed by atoms with Crippen molar-refractivity contribution in [2.45, 2.75) is 0 Å². The Labute approximate surface area is 171 Å². The van der Waals surface area contributed by atoms with E-state index in [0.717, 1.165) is 0 Å². The first-order chi connectivity index (χ1) is 12.8. The van der Waals surface area contributed by atoms with Gasteiger partial charge in [0.25, 0.3) is 11.8 Å². The summed E-state index contributed by atoms with van der Waals surface area (Å²) in [5.74, 6) is -0.768. The van der Waals surface area contributed by atoms with Crippen LogP contribution >= 0.6 is 31.9 Å². The number of nitrogens with two attached hydrogens (primary N) is 1. The minimum absolute atomic E-state index is 0.0670. The van der Waals surface area contributed by atoms with Crippen LogP contribution in [0.25, 0.3) is 6.08 Å². The molecule has 9 heteroatoms. The molecule has 0 aromatic heterocycles. The van der Waals surface area contributed by atoms with E-state index in [0.29, 0.717) is 25.9 Å². The number of primary amides is 1. The Morgan fingerprint density at radius 3 is 2.33 bits per heavy atom. The number of phenolic OH excluding ortho intramolecular Hbond substituents is 1. The van der Waals surface area contributed by atoms with Crippen molar-refractivity contribution in [2.24, 2.45) is 5.73 Å². The summed E-state index contributed by atoms with van der Waals surface area (Å²) >= 11 is 6.63. The predicted molar refractivity (Wildman–Crippen MR) is 107 cm³/mol. The molecule has 0 aliphatic carbocycles. The van der Waals surface area contributed by atoms with Crippen molar-refractivity contribution < 1.29 is 19.4 Å². The van der Waals surface area contributed by atoms with Gasteiger partial charge in [-0.2, -0.15) is 5.26 Å². The van der Waals surface area contributed by atoms with Gasteiger partial charge in [-0.3, -0.25) is 9.59 Å². The van der Waals surface area contributed by atoms with E-state index in [2.05, 4.69) is 37.2 Å². The van der Waals surface area contributed by atoms with Crippen LogP contribution < -0.4 is 15.8 Å². The number of halogens is 2. The largest absolute Gasteiger partial charge is 0.508 e. The number of hydrogen-bond donors (Lipinski definition) is 3. The van der Waals surface area contributed by atoms with Crippen molar-refractivity contribution in [2.75, 3.05) is 11.9 Å². The number of ether oxygens (including phenoxy) is 1. The molecule has 2 aromatic carbocycles. The van der Waals surface area contributed by atoms with E-state index < -0.39 is 11.8 Å². The van der Waals surface area contributed by atoms with E-state index in [1.54, 1.807) is 12.1 Å². The molecule has 0 heterocycles. The van der Waals surface area contributed by atoms with Gasteiger partial charge in [0.15, 0.2) is 6.61 Å².